The molecule has 0 aliphatic heterocycles. The summed E-state index contributed by atoms with van der Waals surface area (Å²) < 4.78 is 0. The van der Waals surface area contributed by atoms with E-state index < -0.39 is 0 Å². The Hall–Kier alpha value is -1.32. The Morgan fingerprint density at radius 2 is 1.85 bits per heavy atom. The first-order chi connectivity index (χ1) is 12.6. The molecular formula is C19H26ClIN4OS. The Bertz CT molecular complexity index is 707. The molecule has 0 bridgehead atoms. The molecule has 1 atom stereocenters. The van der Waals surface area contributed by atoms with E-state index in [0.717, 1.165) is 18.9 Å². The average Bonchev–Trinajstić information content (AvgIpc) is 3.14. The molecule has 1 amide bonds. The van der Waals surface area contributed by atoms with Gasteiger partial charge in [-0.05, 0) is 48.1 Å². The van der Waals surface area contributed by atoms with Crippen molar-refractivity contribution in [3.05, 3.63) is 57.2 Å². The van der Waals surface area contributed by atoms with E-state index in [4.69, 9.17) is 11.6 Å². The van der Waals surface area contributed by atoms with Crippen molar-refractivity contribution in [3.8, 4) is 0 Å². The van der Waals surface area contributed by atoms with Gasteiger partial charge < -0.3 is 16.0 Å². The molecular weight excluding hydrogens is 495 g/mol. The van der Waals surface area contributed by atoms with Gasteiger partial charge in [0.05, 0.1) is 0 Å². The Balaban J connectivity index is 0.00000364. The van der Waals surface area contributed by atoms with Crippen LogP contribution in [0, 0.1) is 5.92 Å². The zero-order valence-corrected chi connectivity index (χ0v) is 19.4. The van der Waals surface area contributed by atoms with Crippen LogP contribution in [-0.2, 0) is 6.42 Å². The molecule has 0 radical (unpaired) electrons. The lowest BCUT2D eigenvalue weighted by molar-refractivity contribution is 0.0954. The van der Waals surface area contributed by atoms with Crippen molar-refractivity contribution in [1.82, 2.24) is 16.0 Å². The summed E-state index contributed by atoms with van der Waals surface area (Å²) in [7, 11) is 1.74. The number of hydrogen-bond acceptors (Lipinski definition) is 3. The van der Waals surface area contributed by atoms with Crippen LogP contribution in [0.25, 0.3) is 0 Å². The highest BCUT2D eigenvalue weighted by Crippen LogP contribution is 2.13. The van der Waals surface area contributed by atoms with Crippen LogP contribution in [0.3, 0.4) is 0 Å². The Labute approximate surface area is 187 Å². The maximum atomic E-state index is 12.0. The third kappa shape index (κ3) is 8.94. The minimum Gasteiger partial charge on any atom is -0.356 e. The molecule has 0 aliphatic rings. The quantitative estimate of drug-likeness (QED) is 0.215. The standard InChI is InChI=1S/C19H25ClN4OS.HI/c1-14(12-17-4-3-11-26-17)13-24-19(21-2)23-10-9-22-18(25)15-5-7-16(20)8-6-15;/h3-8,11,14H,9-10,12-13H2,1-2H3,(H,22,25)(H2,21,23,24);1H. The minimum absolute atomic E-state index is 0. The zero-order valence-electron chi connectivity index (χ0n) is 15.5. The number of aliphatic imine (C=N–C) groups is 1. The van der Waals surface area contributed by atoms with E-state index in [2.05, 4.69) is 45.4 Å². The van der Waals surface area contributed by atoms with E-state index in [9.17, 15) is 4.79 Å². The van der Waals surface area contributed by atoms with Gasteiger partial charge in [0.2, 0.25) is 0 Å². The first-order valence-electron chi connectivity index (χ1n) is 8.59. The normalized spacial score (nSPS) is 12.0. The molecule has 0 aliphatic carbocycles. The van der Waals surface area contributed by atoms with Gasteiger partial charge in [0, 0.05) is 42.1 Å². The number of thiophene rings is 1. The molecule has 0 spiro atoms. The van der Waals surface area contributed by atoms with Gasteiger partial charge in [-0.25, -0.2) is 0 Å². The Morgan fingerprint density at radius 3 is 2.48 bits per heavy atom. The number of nitrogens with one attached hydrogen (secondary N) is 3. The van der Waals surface area contributed by atoms with Crippen molar-refractivity contribution < 1.29 is 4.79 Å². The topological polar surface area (TPSA) is 65.5 Å². The first kappa shape index (κ1) is 23.7. The molecule has 1 unspecified atom stereocenters. The van der Waals surface area contributed by atoms with Gasteiger partial charge in [-0.2, -0.15) is 0 Å². The average molecular weight is 521 g/mol. The van der Waals surface area contributed by atoms with Gasteiger partial charge in [-0.15, -0.1) is 35.3 Å². The maximum Gasteiger partial charge on any atom is 0.251 e. The van der Waals surface area contributed by atoms with Crippen LogP contribution in [0.2, 0.25) is 5.02 Å². The summed E-state index contributed by atoms with van der Waals surface area (Å²) in [6.45, 7) is 4.16. The molecule has 148 valence electrons. The fraction of sp³-hybridized carbons (Fsp3) is 0.368. The van der Waals surface area contributed by atoms with E-state index in [1.165, 1.54) is 4.88 Å². The third-order valence-electron chi connectivity index (χ3n) is 3.78. The molecule has 1 aromatic heterocycles. The molecule has 3 N–H and O–H groups in total. The zero-order chi connectivity index (χ0) is 18.8. The van der Waals surface area contributed by atoms with Gasteiger partial charge in [-0.1, -0.05) is 24.6 Å². The highest BCUT2D eigenvalue weighted by molar-refractivity contribution is 14.0. The molecule has 1 aromatic carbocycles. The second-order valence-electron chi connectivity index (χ2n) is 6.03. The number of benzene rings is 1. The SMILES string of the molecule is CN=C(NCCNC(=O)c1ccc(Cl)cc1)NCC(C)Cc1cccs1.I. The molecule has 2 aromatic rings. The Kier molecular flexibility index (Phi) is 11.4. The first-order valence-corrected chi connectivity index (χ1v) is 9.85. The van der Waals surface area contributed by atoms with Gasteiger partial charge >= 0.3 is 0 Å². The van der Waals surface area contributed by atoms with Crippen LogP contribution in [0.4, 0.5) is 0 Å². The van der Waals surface area contributed by atoms with Crippen LogP contribution < -0.4 is 16.0 Å². The highest BCUT2D eigenvalue weighted by Gasteiger charge is 2.07. The van der Waals surface area contributed by atoms with Crippen molar-refractivity contribution in [3.63, 3.8) is 0 Å². The predicted octanol–water partition coefficient (Wildman–Crippen LogP) is 3.79. The van der Waals surface area contributed by atoms with Crippen LogP contribution >= 0.6 is 46.9 Å². The van der Waals surface area contributed by atoms with E-state index in [0.29, 0.717) is 29.6 Å². The van der Waals surface area contributed by atoms with Crippen molar-refractivity contribution in [2.45, 2.75) is 13.3 Å². The number of nitrogens with zero attached hydrogens (tertiary/aromatic N) is 1. The molecule has 5 nitrogen and oxygen atoms in total. The number of guanidine groups is 1. The number of carbonyl (C=O) groups is 1. The summed E-state index contributed by atoms with van der Waals surface area (Å²) in [4.78, 5) is 17.6. The van der Waals surface area contributed by atoms with E-state index in [1.54, 1.807) is 42.6 Å². The number of hydrogen-bond donors (Lipinski definition) is 3. The molecule has 0 fully saturated rings. The number of rotatable bonds is 8. The Morgan fingerprint density at radius 1 is 1.15 bits per heavy atom. The van der Waals surface area contributed by atoms with Crippen molar-refractivity contribution in [1.29, 1.82) is 0 Å². The molecule has 27 heavy (non-hydrogen) atoms. The molecule has 8 heteroatoms. The van der Waals surface area contributed by atoms with Crippen LogP contribution in [0.1, 0.15) is 22.2 Å². The fourth-order valence-electron chi connectivity index (χ4n) is 2.40. The van der Waals surface area contributed by atoms with Gasteiger partial charge in [-0.3, -0.25) is 9.79 Å². The van der Waals surface area contributed by atoms with E-state index in [1.807, 2.05) is 0 Å². The summed E-state index contributed by atoms with van der Waals surface area (Å²) in [5.74, 6) is 1.14. The number of amides is 1. The summed E-state index contributed by atoms with van der Waals surface area (Å²) in [6.07, 6.45) is 1.05. The largest absolute Gasteiger partial charge is 0.356 e. The fourth-order valence-corrected chi connectivity index (χ4v) is 3.39. The second-order valence-corrected chi connectivity index (χ2v) is 7.50. The summed E-state index contributed by atoms with van der Waals surface area (Å²) in [5.41, 5.74) is 0.597. The van der Waals surface area contributed by atoms with Crippen LogP contribution in [0.5, 0.6) is 0 Å². The predicted molar refractivity (Wildman–Crippen MR) is 126 cm³/mol. The van der Waals surface area contributed by atoms with Crippen molar-refractivity contribution >= 4 is 58.8 Å². The van der Waals surface area contributed by atoms with E-state index in [-0.39, 0.29) is 29.9 Å². The van der Waals surface area contributed by atoms with Crippen LogP contribution in [-0.4, -0.2) is 38.5 Å². The van der Waals surface area contributed by atoms with Crippen molar-refractivity contribution in [2.24, 2.45) is 10.9 Å². The third-order valence-corrected chi connectivity index (χ3v) is 4.93. The second kappa shape index (κ2) is 13.0. The highest BCUT2D eigenvalue weighted by atomic mass is 127. The summed E-state index contributed by atoms with van der Waals surface area (Å²) in [6, 6.07) is 11.1. The van der Waals surface area contributed by atoms with E-state index >= 15 is 0 Å². The summed E-state index contributed by atoms with van der Waals surface area (Å²) >= 11 is 7.61. The molecule has 0 saturated heterocycles. The lowest BCUT2D eigenvalue weighted by Crippen LogP contribution is -2.43. The molecule has 1 heterocycles. The van der Waals surface area contributed by atoms with Gasteiger partial charge in [0.25, 0.3) is 5.91 Å². The number of carbonyl (C=O) groups excluding carboxylic acids is 1. The smallest absolute Gasteiger partial charge is 0.251 e. The van der Waals surface area contributed by atoms with Gasteiger partial charge in [0.1, 0.15) is 0 Å². The van der Waals surface area contributed by atoms with Crippen LogP contribution in [0.15, 0.2) is 46.8 Å². The maximum absolute atomic E-state index is 12.0. The lowest BCUT2D eigenvalue weighted by atomic mass is 10.1. The monoisotopic (exact) mass is 520 g/mol. The number of halogens is 2. The molecule has 2 rings (SSSR count). The molecule has 0 saturated carbocycles. The van der Waals surface area contributed by atoms with Gasteiger partial charge in [0.15, 0.2) is 5.96 Å². The lowest BCUT2D eigenvalue weighted by Gasteiger charge is -2.15. The van der Waals surface area contributed by atoms with Crippen molar-refractivity contribution in [2.75, 3.05) is 26.7 Å². The summed E-state index contributed by atoms with van der Waals surface area (Å²) in [5, 5.41) is 12.1. The minimum atomic E-state index is -0.115.